The standard InChI is InChI=1S/C7H5FI2/c1-4-6(9)3-2-5(8)7(4)10/h2-3H,1H3. The van der Waals surface area contributed by atoms with Crippen molar-refractivity contribution < 1.29 is 4.39 Å². The lowest BCUT2D eigenvalue weighted by Crippen LogP contribution is -1.89. The SMILES string of the molecule is Cc1c(I)ccc(F)c1I. The minimum absolute atomic E-state index is 0.126. The molecule has 1 rings (SSSR count). The highest BCUT2D eigenvalue weighted by Gasteiger charge is 2.03. The molecule has 0 atom stereocenters. The summed E-state index contributed by atoms with van der Waals surface area (Å²) in [5.41, 5.74) is 1.03. The smallest absolute Gasteiger partial charge is 0.136 e. The molecule has 3 heteroatoms. The van der Waals surface area contributed by atoms with Gasteiger partial charge in [-0.05, 0) is 69.8 Å². The third kappa shape index (κ3) is 1.61. The van der Waals surface area contributed by atoms with E-state index in [0.717, 1.165) is 12.7 Å². The summed E-state index contributed by atoms with van der Waals surface area (Å²) in [6.07, 6.45) is 0. The Kier molecular flexibility index (Phi) is 2.91. The molecular weight excluding hydrogens is 357 g/mol. The Morgan fingerprint density at radius 2 is 1.90 bits per heavy atom. The van der Waals surface area contributed by atoms with Crippen LogP contribution in [-0.2, 0) is 0 Å². The molecule has 0 amide bonds. The van der Waals surface area contributed by atoms with E-state index in [1.807, 2.05) is 29.5 Å². The highest BCUT2D eigenvalue weighted by atomic mass is 127. The van der Waals surface area contributed by atoms with Crippen LogP contribution in [0.5, 0.6) is 0 Å². The van der Waals surface area contributed by atoms with Gasteiger partial charge in [0.15, 0.2) is 0 Å². The molecule has 0 nitrogen and oxygen atoms in total. The van der Waals surface area contributed by atoms with Crippen molar-refractivity contribution >= 4 is 45.2 Å². The molecule has 0 aromatic heterocycles. The van der Waals surface area contributed by atoms with E-state index in [0.29, 0.717) is 0 Å². The largest absolute Gasteiger partial charge is 0.206 e. The van der Waals surface area contributed by atoms with Gasteiger partial charge in [-0.1, -0.05) is 0 Å². The van der Waals surface area contributed by atoms with Crippen LogP contribution in [0.1, 0.15) is 5.56 Å². The van der Waals surface area contributed by atoms with E-state index in [2.05, 4.69) is 22.6 Å². The maximum absolute atomic E-state index is 12.7. The minimum atomic E-state index is -0.126. The first-order valence-corrected chi connectivity index (χ1v) is 4.89. The summed E-state index contributed by atoms with van der Waals surface area (Å²) < 4.78 is 14.6. The molecule has 0 fully saturated rings. The molecule has 0 radical (unpaired) electrons. The number of halogens is 3. The van der Waals surface area contributed by atoms with Crippen molar-refractivity contribution in [1.82, 2.24) is 0 Å². The number of rotatable bonds is 0. The molecule has 0 aliphatic carbocycles. The Morgan fingerprint density at radius 3 is 2.40 bits per heavy atom. The van der Waals surface area contributed by atoms with E-state index in [9.17, 15) is 4.39 Å². The molecule has 0 bridgehead atoms. The maximum atomic E-state index is 12.7. The average molecular weight is 362 g/mol. The van der Waals surface area contributed by atoms with E-state index in [1.54, 1.807) is 6.07 Å². The molecule has 0 aliphatic rings. The quantitative estimate of drug-likeness (QED) is 0.491. The fraction of sp³-hybridized carbons (Fsp3) is 0.143. The lowest BCUT2D eigenvalue weighted by molar-refractivity contribution is 0.618. The molecular formula is C7H5FI2. The molecule has 0 saturated heterocycles. The number of hydrogen-bond donors (Lipinski definition) is 0. The normalized spacial score (nSPS) is 10.0. The second-order valence-electron chi connectivity index (χ2n) is 1.97. The van der Waals surface area contributed by atoms with Gasteiger partial charge in [-0.25, -0.2) is 4.39 Å². The fourth-order valence-electron chi connectivity index (χ4n) is 0.628. The number of benzene rings is 1. The Balaban J connectivity index is 3.34. The lowest BCUT2D eigenvalue weighted by Gasteiger charge is -2.00. The van der Waals surface area contributed by atoms with Gasteiger partial charge >= 0.3 is 0 Å². The fourth-order valence-corrected chi connectivity index (χ4v) is 2.06. The Bertz CT molecular complexity index is 231. The van der Waals surface area contributed by atoms with Gasteiger partial charge in [0.25, 0.3) is 0 Å². The van der Waals surface area contributed by atoms with E-state index >= 15 is 0 Å². The molecule has 1 aromatic carbocycles. The zero-order valence-electron chi connectivity index (χ0n) is 5.29. The van der Waals surface area contributed by atoms with Crippen molar-refractivity contribution in [2.24, 2.45) is 0 Å². The summed E-state index contributed by atoms with van der Waals surface area (Å²) in [5.74, 6) is -0.126. The van der Waals surface area contributed by atoms with Gasteiger partial charge in [0, 0.05) is 3.57 Å². The summed E-state index contributed by atoms with van der Waals surface area (Å²) in [6.45, 7) is 1.92. The molecule has 0 unspecified atom stereocenters. The van der Waals surface area contributed by atoms with E-state index in [1.165, 1.54) is 6.07 Å². The first-order chi connectivity index (χ1) is 4.63. The molecule has 0 spiro atoms. The van der Waals surface area contributed by atoms with Gasteiger partial charge < -0.3 is 0 Å². The Morgan fingerprint density at radius 1 is 1.30 bits per heavy atom. The second-order valence-corrected chi connectivity index (χ2v) is 4.21. The van der Waals surface area contributed by atoms with Crippen molar-refractivity contribution in [1.29, 1.82) is 0 Å². The Labute approximate surface area is 86.5 Å². The lowest BCUT2D eigenvalue weighted by atomic mass is 10.2. The molecule has 10 heavy (non-hydrogen) atoms. The molecule has 0 aliphatic heterocycles. The minimum Gasteiger partial charge on any atom is -0.206 e. The van der Waals surface area contributed by atoms with Gasteiger partial charge in [-0.3, -0.25) is 0 Å². The van der Waals surface area contributed by atoms with Gasteiger partial charge in [0.05, 0.1) is 3.57 Å². The predicted octanol–water partition coefficient (Wildman–Crippen LogP) is 3.34. The van der Waals surface area contributed by atoms with Crippen LogP contribution in [0.4, 0.5) is 4.39 Å². The first kappa shape index (κ1) is 8.70. The van der Waals surface area contributed by atoms with Gasteiger partial charge in [-0.15, -0.1) is 0 Å². The monoisotopic (exact) mass is 362 g/mol. The molecule has 1 aromatic rings. The van der Waals surface area contributed by atoms with E-state index in [-0.39, 0.29) is 5.82 Å². The van der Waals surface area contributed by atoms with Crippen LogP contribution >= 0.6 is 45.2 Å². The van der Waals surface area contributed by atoms with Crippen LogP contribution in [0.3, 0.4) is 0 Å². The van der Waals surface area contributed by atoms with Crippen molar-refractivity contribution in [3.63, 3.8) is 0 Å². The van der Waals surface area contributed by atoms with Crippen molar-refractivity contribution in [2.75, 3.05) is 0 Å². The van der Waals surface area contributed by atoms with Gasteiger partial charge in [0.2, 0.25) is 0 Å². The first-order valence-electron chi connectivity index (χ1n) is 2.73. The third-order valence-electron chi connectivity index (χ3n) is 1.27. The zero-order valence-corrected chi connectivity index (χ0v) is 9.60. The molecule has 54 valence electrons. The van der Waals surface area contributed by atoms with Crippen LogP contribution in [0.2, 0.25) is 0 Å². The summed E-state index contributed by atoms with van der Waals surface area (Å²) in [5, 5.41) is 0. The van der Waals surface area contributed by atoms with E-state index in [4.69, 9.17) is 0 Å². The van der Waals surface area contributed by atoms with Crippen LogP contribution < -0.4 is 0 Å². The van der Waals surface area contributed by atoms with Gasteiger partial charge in [-0.2, -0.15) is 0 Å². The van der Waals surface area contributed by atoms with Crippen molar-refractivity contribution in [3.05, 3.63) is 30.7 Å². The molecule has 0 saturated carbocycles. The zero-order chi connectivity index (χ0) is 7.72. The molecule has 0 heterocycles. The highest BCUT2D eigenvalue weighted by molar-refractivity contribution is 14.1. The highest BCUT2D eigenvalue weighted by Crippen LogP contribution is 2.20. The van der Waals surface area contributed by atoms with Crippen LogP contribution in [0.25, 0.3) is 0 Å². The summed E-state index contributed by atoms with van der Waals surface area (Å²) in [6, 6.07) is 3.28. The summed E-state index contributed by atoms with van der Waals surface area (Å²) in [4.78, 5) is 0. The van der Waals surface area contributed by atoms with Crippen LogP contribution in [-0.4, -0.2) is 0 Å². The van der Waals surface area contributed by atoms with Crippen LogP contribution in [0.15, 0.2) is 12.1 Å². The van der Waals surface area contributed by atoms with Crippen LogP contribution in [0, 0.1) is 19.9 Å². The summed E-state index contributed by atoms with van der Waals surface area (Å²) >= 11 is 4.21. The number of hydrogen-bond acceptors (Lipinski definition) is 0. The van der Waals surface area contributed by atoms with Gasteiger partial charge in [0.1, 0.15) is 5.82 Å². The van der Waals surface area contributed by atoms with E-state index < -0.39 is 0 Å². The predicted molar refractivity (Wildman–Crippen MR) is 56.6 cm³/mol. The summed E-state index contributed by atoms with van der Waals surface area (Å²) in [7, 11) is 0. The molecule has 0 N–H and O–H groups in total. The second kappa shape index (κ2) is 3.34. The van der Waals surface area contributed by atoms with Crippen molar-refractivity contribution in [2.45, 2.75) is 6.92 Å². The Hall–Kier alpha value is 0.610. The average Bonchev–Trinajstić information content (AvgIpc) is 1.93. The third-order valence-corrected chi connectivity index (χ3v) is 3.77. The topological polar surface area (TPSA) is 0 Å². The van der Waals surface area contributed by atoms with Crippen molar-refractivity contribution in [3.8, 4) is 0 Å². The maximum Gasteiger partial charge on any atom is 0.136 e.